The summed E-state index contributed by atoms with van der Waals surface area (Å²) in [5, 5.41) is 0. The molecule has 0 N–H and O–H groups in total. The van der Waals surface area contributed by atoms with E-state index >= 15 is 0 Å². The van der Waals surface area contributed by atoms with Crippen LogP contribution in [-0.2, 0) is 0 Å². The van der Waals surface area contributed by atoms with Crippen molar-refractivity contribution in [3.8, 4) is 0 Å². The highest BCUT2D eigenvalue weighted by Crippen LogP contribution is 2.25. The molecule has 0 saturated carbocycles. The molecule has 0 unspecified atom stereocenters. The van der Waals surface area contributed by atoms with Crippen LogP contribution < -0.4 is 0 Å². The highest BCUT2D eigenvalue weighted by Gasteiger charge is 2.11. The number of furan rings is 1. The van der Waals surface area contributed by atoms with Gasteiger partial charge in [-0.25, -0.2) is 0 Å². The number of hydrogen-bond acceptors (Lipinski definition) is 2. The smallest absolute Gasteiger partial charge is 0.185 e. The van der Waals surface area contributed by atoms with Crippen molar-refractivity contribution >= 4 is 12.4 Å². The first kappa shape index (κ1) is 11.8. The molecule has 0 aliphatic heterocycles. The molecule has 0 radical (unpaired) electrons. The molecule has 0 saturated heterocycles. The van der Waals surface area contributed by atoms with Gasteiger partial charge in [0.25, 0.3) is 0 Å². The van der Waals surface area contributed by atoms with Gasteiger partial charge in [0.1, 0.15) is 5.76 Å². The Morgan fingerprint density at radius 1 is 1.33 bits per heavy atom. The van der Waals surface area contributed by atoms with E-state index in [0.717, 1.165) is 18.6 Å². The number of hydrogen-bond donors (Lipinski definition) is 0. The third-order valence-electron chi connectivity index (χ3n) is 2.36. The van der Waals surface area contributed by atoms with Crippen molar-refractivity contribution in [1.82, 2.24) is 0 Å². The molecule has 2 nitrogen and oxygen atoms in total. The molecule has 0 fully saturated rings. The molecule has 15 heavy (non-hydrogen) atoms. The zero-order valence-electron chi connectivity index (χ0n) is 9.62. The van der Waals surface area contributed by atoms with Crippen molar-refractivity contribution in [1.29, 1.82) is 0 Å². The molecule has 0 atom stereocenters. The molecule has 1 aromatic heterocycles. The first-order valence-electron chi connectivity index (χ1n) is 5.31. The number of aldehydes is 1. The first-order chi connectivity index (χ1) is 7.07. The maximum Gasteiger partial charge on any atom is 0.185 e. The van der Waals surface area contributed by atoms with Crippen molar-refractivity contribution in [2.75, 3.05) is 0 Å². The van der Waals surface area contributed by atoms with Crippen molar-refractivity contribution in [2.45, 2.75) is 33.6 Å². The van der Waals surface area contributed by atoms with Gasteiger partial charge >= 0.3 is 0 Å². The number of carbonyl (C=O) groups excluding carboxylic acids is 1. The fourth-order valence-corrected chi connectivity index (χ4v) is 1.56. The van der Waals surface area contributed by atoms with Gasteiger partial charge in [0.15, 0.2) is 12.0 Å². The van der Waals surface area contributed by atoms with Crippen LogP contribution in [-0.4, -0.2) is 6.29 Å². The molecule has 0 aromatic carbocycles. The lowest BCUT2D eigenvalue weighted by atomic mass is 9.87. The summed E-state index contributed by atoms with van der Waals surface area (Å²) in [7, 11) is 0. The fourth-order valence-electron chi connectivity index (χ4n) is 1.56. The topological polar surface area (TPSA) is 30.2 Å². The van der Waals surface area contributed by atoms with Gasteiger partial charge in [-0.05, 0) is 30.0 Å². The molecular formula is C13H18O2. The molecule has 0 amide bonds. The van der Waals surface area contributed by atoms with E-state index in [0.29, 0.717) is 12.0 Å². The van der Waals surface area contributed by atoms with Crippen LogP contribution in [0, 0.1) is 5.41 Å². The van der Waals surface area contributed by atoms with Gasteiger partial charge < -0.3 is 4.42 Å². The van der Waals surface area contributed by atoms with Crippen molar-refractivity contribution < 1.29 is 9.21 Å². The second kappa shape index (κ2) is 4.96. The number of rotatable bonds is 5. The first-order valence-corrected chi connectivity index (χ1v) is 5.31. The molecule has 2 heteroatoms. The minimum Gasteiger partial charge on any atom is -0.454 e. The van der Waals surface area contributed by atoms with E-state index in [4.69, 9.17) is 4.42 Å². The molecule has 0 spiro atoms. The molecule has 0 aliphatic carbocycles. The largest absolute Gasteiger partial charge is 0.454 e. The monoisotopic (exact) mass is 206 g/mol. The Morgan fingerprint density at radius 3 is 2.53 bits per heavy atom. The maximum atomic E-state index is 10.4. The summed E-state index contributed by atoms with van der Waals surface area (Å²) in [5.41, 5.74) is 0.183. The summed E-state index contributed by atoms with van der Waals surface area (Å²) in [6, 6.07) is 3.49. The normalized spacial score (nSPS) is 12.2. The van der Waals surface area contributed by atoms with Crippen LogP contribution >= 0.6 is 0 Å². The molecule has 1 aromatic rings. The predicted octanol–water partition coefficient (Wildman–Crippen LogP) is 3.93. The van der Waals surface area contributed by atoms with E-state index in [2.05, 4.69) is 26.8 Å². The van der Waals surface area contributed by atoms with Crippen LogP contribution in [0.1, 0.15) is 49.9 Å². The standard InChI is InChI=1S/C13H18O2/c1-4-8-13(2,3)9-7-11-5-6-12(10-14)15-11/h5-7,9-10H,4,8H2,1-3H3/b9-7+. The van der Waals surface area contributed by atoms with Gasteiger partial charge in [-0.2, -0.15) is 0 Å². The molecule has 0 bridgehead atoms. The minimum atomic E-state index is 0.183. The third-order valence-corrected chi connectivity index (χ3v) is 2.36. The lowest BCUT2D eigenvalue weighted by molar-refractivity contribution is 0.110. The number of carbonyl (C=O) groups is 1. The second-order valence-electron chi connectivity index (χ2n) is 4.43. The SMILES string of the molecule is CCCC(C)(C)/C=C/c1ccc(C=O)o1. The molecule has 0 aliphatic rings. The zero-order valence-corrected chi connectivity index (χ0v) is 9.62. The lowest BCUT2D eigenvalue weighted by Crippen LogP contribution is -2.05. The van der Waals surface area contributed by atoms with Crippen LogP contribution in [0.5, 0.6) is 0 Å². The molecule has 1 rings (SSSR count). The van der Waals surface area contributed by atoms with Gasteiger partial charge in [0.2, 0.25) is 0 Å². The Hall–Kier alpha value is -1.31. The summed E-state index contributed by atoms with van der Waals surface area (Å²) in [6.45, 7) is 6.56. The predicted molar refractivity (Wildman–Crippen MR) is 61.8 cm³/mol. The second-order valence-corrected chi connectivity index (χ2v) is 4.43. The van der Waals surface area contributed by atoms with Gasteiger partial charge in [-0.1, -0.05) is 33.3 Å². The van der Waals surface area contributed by atoms with E-state index < -0.39 is 0 Å². The van der Waals surface area contributed by atoms with Crippen LogP contribution in [0.3, 0.4) is 0 Å². The maximum absolute atomic E-state index is 10.4. The summed E-state index contributed by atoms with van der Waals surface area (Å²) in [5.74, 6) is 1.12. The van der Waals surface area contributed by atoms with Crippen molar-refractivity contribution in [3.63, 3.8) is 0 Å². The van der Waals surface area contributed by atoms with E-state index in [1.807, 2.05) is 12.1 Å². The number of allylic oxidation sites excluding steroid dienone is 1. The van der Waals surface area contributed by atoms with E-state index in [9.17, 15) is 4.79 Å². The summed E-state index contributed by atoms with van der Waals surface area (Å²) < 4.78 is 5.25. The van der Waals surface area contributed by atoms with Gasteiger partial charge in [-0.15, -0.1) is 0 Å². The molecule has 1 heterocycles. The third kappa shape index (κ3) is 3.74. The van der Waals surface area contributed by atoms with E-state index in [-0.39, 0.29) is 5.41 Å². The molecule has 82 valence electrons. The van der Waals surface area contributed by atoms with Crippen LogP contribution in [0.2, 0.25) is 0 Å². The highest BCUT2D eigenvalue weighted by atomic mass is 16.3. The van der Waals surface area contributed by atoms with Crippen LogP contribution in [0.15, 0.2) is 22.6 Å². The van der Waals surface area contributed by atoms with E-state index in [1.54, 1.807) is 6.07 Å². The quantitative estimate of drug-likeness (QED) is 0.683. The highest BCUT2D eigenvalue weighted by molar-refractivity contribution is 5.71. The summed E-state index contributed by atoms with van der Waals surface area (Å²) >= 11 is 0. The van der Waals surface area contributed by atoms with Crippen molar-refractivity contribution in [2.24, 2.45) is 5.41 Å². The lowest BCUT2D eigenvalue weighted by Gasteiger charge is -2.18. The van der Waals surface area contributed by atoms with Crippen LogP contribution in [0.25, 0.3) is 6.08 Å². The van der Waals surface area contributed by atoms with Gasteiger partial charge in [0, 0.05) is 0 Å². The Labute approximate surface area is 91.0 Å². The Kier molecular flexibility index (Phi) is 3.89. The van der Waals surface area contributed by atoms with E-state index in [1.165, 1.54) is 0 Å². The summed E-state index contributed by atoms with van der Waals surface area (Å²) in [4.78, 5) is 10.4. The average molecular weight is 206 g/mol. The fraction of sp³-hybridized carbons (Fsp3) is 0.462. The van der Waals surface area contributed by atoms with Crippen molar-refractivity contribution in [3.05, 3.63) is 29.7 Å². The summed E-state index contributed by atoms with van der Waals surface area (Å²) in [6.07, 6.45) is 7.08. The van der Waals surface area contributed by atoms with Gasteiger partial charge in [-0.3, -0.25) is 4.79 Å². The van der Waals surface area contributed by atoms with Gasteiger partial charge in [0.05, 0.1) is 0 Å². The van der Waals surface area contributed by atoms with Crippen LogP contribution in [0.4, 0.5) is 0 Å². The Morgan fingerprint density at radius 2 is 2.00 bits per heavy atom. The Bertz CT molecular complexity index is 345. The average Bonchev–Trinajstić information content (AvgIpc) is 2.62. The molecular weight excluding hydrogens is 188 g/mol. The zero-order chi connectivity index (χ0) is 11.3. The Balaban J connectivity index is 2.68. The minimum absolute atomic E-state index is 0.183.